The van der Waals surface area contributed by atoms with E-state index in [0.29, 0.717) is 5.16 Å². The van der Waals surface area contributed by atoms with Crippen LogP contribution in [0.4, 0.5) is 0 Å². The lowest BCUT2D eigenvalue weighted by molar-refractivity contribution is 0.716. The van der Waals surface area contributed by atoms with Crippen molar-refractivity contribution in [2.24, 2.45) is 0 Å². The first-order valence-electron chi connectivity index (χ1n) is 3.62. The third-order valence-corrected chi connectivity index (χ3v) is 2.37. The topological polar surface area (TPSA) is 69.6 Å². The summed E-state index contributed by atoms with van der Waals surface area (Å²) in [5, 5.41) is 11.3. The molecule has 6 heteroatoms. The summed E-state index contributed by atoms with van der Waals surface area (Å²) in [6, 6.07) is 9.80. The van der Waals surface area contributed by atoms with E-state index in [-0.39, 0.29) is 0 Å². The Bertz CT molecular complexity index is 385. The minimum atomic E-state index is 0.575. The fraction of sp³-hybridized carbons (Fsp3) is 0. The van der Waals surface area contributed by atoms with E-state index in [1.165, 1.54) is 11.8 Å². The summed E-state index contributed by atoms with van der Waals surface area (Å²) in [4.78, 5) is 2.21. The first kappa shape index (κ1) is 8.06. The molecule has 1 heterocycles. The van der Waals surface area contributed by atoms with Gasteiger partial charge in [-0.25, -0.2) is 0 Å². The number of benzene rings is 1. The molecule has 0 aliphatic carbocycles. The van der Waals surface area contributed by atoms with Crippen molar-refractivity contribution in [2.45, 2.75) is 10.1 Å². The van der Waals surface area contributed by atoms with E-state index in [9.17, 15) is 0 Å². The van der Waals surface area contributed by atoms with E-state index >= 15 is 0 Å². The number of nitrogen functional groups attached to an aromatic ring is 1. The molecule has 2 aromatic rings. The van der Waals surface area contributed by atoms with Crippen LogP contribution in [0.15, 0.2) is 40.4 Å². The molecule has 2 rings (SSSR count). The standard InChI is InChI=1S/C7H7N5S/c8-12-7(9-10-11-12)13-6-4-2-1-3-5-6/h1-5H,8H2. The van der Waals surface area contributed by atoms with E-state index in [2.05, 4.69) is 15.5 Å². The van der Waals surface area contributed by atoms with Crippen LogP contribution in [-0.4, -0.2) is 20.3 Å². The smallest absolute Gasteiger partial charge is 0.235 e. The molecule has 13 heavy (non-hydrogen) atoms. The van der Waals surface area contributed by atoms with Crippen molar-refractivity contribution < 1.29 is 0 Å². The molecule has 2 N–H and O–H groups in total. The van der Waals surface area contributed by atoms with Gasteiger partial charge >= 0.3 is 0 Å². The zero-order valence-electron chi connectivity index (χ0n) is 6.66. The second kappa shape index (κ2) is 3.44. The number of nitrogens with two attached hydrogens (primary N) is 1. The number of tetrazole rings is 1. The van der Waals surface area contributed by atoms with Gasteiger partial charge in [-0.1, -0.05) is 23.3 Å². The average Bonchev–Trinajstić information content (AvgIpc) is 2.54. The van der Waals surface area contributed by atoms with Gasteiger partial charge in [-0.05, 0) is 34.3 Å². The van der Waals surface area contributed by atoms with Gasteiger partial charge in [0.15, 0.2) is 0 Å². The van der Waals surface area contributed by atoms with Gasteiger partial charge in [0, 0.05) is 4.90 Å². The highest BCUT2D eigenvalue weighted by Crippen LogP contribution is 2.23. The van der Waals surface area contributed by atoms with Crippen molar-refractivity contribution in [1.29, 1.82) is 0 Å². The third-order valence-electron chi connectivity index (χ3n) is 1.41. The van der Waals surface area contributed by atoms with Gasteiger partial charge in [0.25, 0.3) is 0 Å². The Labute approximate surface area is 78.9 Å². The molecule has 5 nitrogen and oxygen atoms in total. The van der Waals surface area contributed by atoms with E-state index in [1.54, 1.807) is 0 Å². The third kappa shape index (κ3) is 1.78. The lowest BCUT2D eigenvalue weighted by atomic mass is 10.4. The Hall–Kier alpha value is -1.56. The van der Waals surface area contributed by atoms with Crippen molar-refractivity contribution in [2.75, 3.05) is 5.84 Å². The molecule has 0 saturated carbocycles. The van der Waals surface area contributed by atoms with E-state index in [4.69, 9.17) is 5.84 Å². The molecule has 1 aromatic heterocycles. The van der Waals surface area contributed by atoms with E-state index in [0.717, 1.165) is 9.69 Å². The van der Waals surface area contributed by atoms with Crippen LogP contribution >= 0.6 is 11.8 Å². The van der Waals surface area contributed by atoms with Gasteiger partial charge < -0.3 is 5.84 Å². The molecular formula is C7H7N5S. The first-order valence-corrected chi connectivity index (χ1v) is 4.44. The summed E-state index contributed by atoms with van der Waals surface area (Å²) in [6.07, 6.45) is 0. The Balaban J connectivity index is 2.20. The largest absolute Gasteiger partial charge is 0.319 e. The van der Waals surface area contributed by atoms with Crippen LogP contribution < -0.4 is 5.84 Å². The Kier molecular flexibility index (Phi) is 2.13. The molecule has 66 valence electrons. The molecule has 0 saturated heterocycles. The summed E-state index contributed by atoms with van der Waals surface area (Å²) in [7, 11) is 0. The summed E-state index contributed by atoms with van der Waals surface area (Å²) >= 11 is 1.42. The summed E-state index contributed by atoms with van der Waals surface area (Å²) in [6.45, 7) is 0. The van der Waals surface area contributed by atoms with Gasteiger partial charge in [0.05, 0.1) is 0 Å². The zero-order valence-corrected chi connectivity index (χ0v) is 7.48. The maximum Gasteiger partial charge on any atom is 0.235 e. The molecule has 0 aliphatic heterocycles. The normalized spacial score (nSPS) is 10.2. The molecule has 0 bridgehead atoms. The van der Waals surface area contributed by atoms with Crippen LogP contribution in [0.1, 0.15) is 0 Å². The number of rotatable bonds is 2. The van der Waals surface area contributed by atoms with Crippen molar-refractivity contribution in [3.8, 4) is 0 Å². The maximum atomic E-state index is 5.45. The number of nitrogens with zero attached hydrogens (tertiary/aromatic N) is 4. The lowest BCUT2D eigenvalue weighted by Gasteiger charge is -1.96. The predicted molar refractivity (Wildman–Crippen MR) is 48.5 cm³/mol. The van der Waals surface area contributed by atoms with Crippen molar-refractivity contribution in [3.05, 3.63) is 30.3 Å². The fourth-order valence-corrected chi connectivity index (χ4v) is 1.56. The minimum absolute atomic E-state index is 0.575. The lowest BCUT2D eigenvalue weighted by Crippen LogP contribution is -2.11. The van der Waals surface area contributed by atoms with Gasteiger partial charge in [0.1, 0.15) is 0 Å². The van der Waals surface area contributed by atoms with Crippen LogP contribution in [0.3, 0.4) is 0 Å². The average molecular weight is 193 g/mol. The van der Waals surface area contributed by atoms with Gasteiger partial charge in [0.2, 0.25) is 5.16 Å². The van der Waals surface area contributed by atoms with Gasteiger partial charge in [-0.15, -0.1) is 4.79 Å². The molecule has 0 atom stereocenters. The van der Waals surface area contributed by atoms with Crippen LogP contribution in [-0.2, 0) is 0 Å². The minimum Gasteiger partial charge on any atom is -0.319 e. The van der Waals surface area contributed by atoms with E-state index in [1.807, 2.05) is 30.3 Å². The molecule has 0 amide bonds. The maximum absolute atomic E-state index is 5.45. The van der Waals surface area contributed by atoms with Crippen LogP contribution in [0.25, 0.3) is 0 Å². The van der Waals surface area contributed by atoms with Crippen molar-refractivity contribution >= 4 is 11.8 Å². The van der Waals surface area contributed by atoms with Crippen LogP contribution in [0.2, 0.25) is 0 Å². The monoisotopic (exact) mass is 193 g/mol. The number of hydrogen-bond acceptors (Lipinski definition) is 5. The van der Waals surface area contributed by atoms with Crippen molar-refractivity contribution in [1.82, 2.24) is 20.3 Å². The fourth-order valence-electron chi connectivity index (χ4n) is 0.847. The predicted octanol–water partition coefficient (Wildman–Crippen LogP) is 0.538. The molecular weight excluding hydrogens is 186 g/mol. The molecule has 0 spiro atoms. The number of aromatic nitrogens is 4. The Morgan fingerprint density at radius 1 is 1.23 bits per heavy atom. The van der Waals surface area contributed by atoms with Crippen LogP contribution in [0, 0.1) is 0 Å². The SMILES string of the molecule is Nn1nnnc1Sc1ccccc1. The quantitative estimate of drug-likeness (QED) is 0.705. The molecule has 0 radical (unpaired) electrons. The van der Waals surface area contributed by atoms with E-state index < -0.39 is 0 Å². The van der Waals surface area contributed by atoms with Crippen molar-refractivity contribution in [3.63, 3.8) is 0 Å². The molecule has 1 aromatic carbocycles. The summed E-state index contributed by atoms with van der Waals surface area (Å²) < 4.78 is 0. The molecule has 0 unspecified atom stereocenters. The first-order chi connectivity index (χ1) is 6.36. The zero-order chi connectivity index (χ0) is 9.10. The van der Waals surface area contributed by atoms with Crippen LogP contribution in [0.5, 0.6) is 0 Å². The number of hydrogen-bond donors (Lipinski definition) is 1. The highest BCUT2D eigenvalue weighted by molar-refractivity contribution is 7.99. The molecule has 0 fully saturated rings. The highest BCUT2D eigenvalue weighted by atomic mass is 32.2. The highest BCUT2D eigenvalue weighted by Gasteiger charge is 2.03. The summed E-state index contributed by atoms with van der Waals surface area (Å²) in [5.41, 5.74) is 0. The summed E-state index contributed by atoms with van der Waals surface area (Å²) in [5.74, 6) is 5.45. The Morgan fingerprint density at radius 2 is 2.00 bits per heavy atom. The molecule has 0 aliphatic rings. The van der Waals surface area contributed by atoms with Gasteiger partial charge in [-0.2, -0.15) is 0 Å². The Morgan fingerprint density at radius 3 is 2.62 bits per heavy atom. The second-order valence-electron chi connectivity index (χ2n) is 2.32. The van der Waals surface area contributed by atoms with Gasteiger partial charge in [-0.3, -0.25) is 0 Å². The second-order valence-corrected chi connectivity index (χ2v) is 3.36.